The molecule has 3 unspecified atom stereocenters. The summed E-state index contributed by atoms with van der Waals surface area (Å²) in [6.07, 6.45) is 10.9. The fourth-order valence-electron chi connectivity index (χ4n) is 4.36. The maximum absolute atomic E-state index is 10.5. The van der Waals surface area contributed by atoms with Crippen LogP contribution in [0.4, 0.5) is 0 Å². The van der Waals surface area contributed by atoms with E-state index in [4.69, 9.17) is 0 Å². The number of hydrogen-bond acceptors (Lipinski definition) is 1. The SMILES string of the molecule is CCC1CCC(C(O)C2CC3CC3C2)CC1. The predicted octanol–water partition coefficient (Wildman–Crippen LogP) is 3.61. The largest absolute Gasteiger partial charge is 0.393 e. The number of hydrogen-bond donors (Lipinski definition) is 1. The van der Waals surface area contributed by atoms with E-state index < -0.39 is 0 Å². The summed E-state index contributed by atoms with van der Waals surface area (Å²) in [6.45, 7) is 2.31. The molecule has 0 radical (unpaired) electrons. The van der Waals surface area contributed by atoms with Crippen molar-refractivity contribution >= 4 is 0 Å². The molecule has 92 valence electrons. The van der Waals surface area contributed by atoms with Gasteiger partial charge in [0.15, 0.2) is 0 Å². The Hall–Kier alpha value is -0.0400. The maximum Gasteiger partial charge on any atom is 0.0596 e. The van der Waals surface area contributed by atoms with Crippen molar-refractivity contribution < 1.29 is 5.11 Å². The molecule has 0 aliphatic heterocycles. The van der Waals surface area contributed by atoms with Crippen LogP contribution >= 0.6 is 0 Å². The van der Waals surface area contributed by atoms with Gasteiger partial charge in [-0.25, -0.2) is 0 Å². The number of rotatable bonds is 3. The van der Waals surface area contributed by atoms with Crippen LogP contribution in [0, 0.1) is 29.6 Å². The molecule has 0 bridgehead atoms. The van der Waals surface area contributed by atoms with Gasteiger partial charge in [0.2, 0.25) is 0 Å². The molecule has 1 heteroatoms. The highest BCUT2D eigenvalue weighted by molar-refractivity contribution is 4.99. The van der Waals surface area contributed by atoms with Gasteiger partial charge in [0, 0.05) is 0 Å². The molecule has 0 saturated heterocycles. The van der Waals surface area contributed by atoms with E-state index in [0.717, 1.165) is 17.8 Å². The van der Waals surface area contributed by atoms with Crippen LogP contribution in [0.15, 0.2) is 0 Å². The molecule has 3 aliphatic rings. The van der Waals surface area contributed by atoms with Crippen molar-refractivity contribution in [1.82, 2.24) is 0 Å². The Bertz CT molecular complexity index is 232. The molecular formula is C15H26O. The molecule has 1 nitrogen and oxygen atoms in total. The minimum atomic E-state index is 0.0469. The third-order valence-corrected chi connectivity index (χ3v) is 5.71. The fourth-order valence-corrected chi connectivity index (χ4v) is 4.36. The van der Waals surface area contributed by atoms with E-state index in [9.17, 15) is 5.11 Å². The molecule has 0 aromatic rings. The Morgan fingerprint density at radius 1 is 0.938 bits per heavy atom. The lowest BCUT2D eigenvalue weighted by Gasteiger charge is -2.34. The van der Waals surface area contributed by atoms with Crippen LogP contribution in [-0.4, -0.2) is 11.2 Å². The fraction of sp³-hybridized carbons (Fsp3) is 1.00. The molecule has 0 heterocycles. The molecule has 3 rings (SSSR count). The van der Waals surface area contributed by atoms with Crippen molar-refractivity contribution in [3.63, 3.8) is 0 Å². The quantitative estimate of drug-likeness (QED) is 0.773. The minimum absolute atomic E-state index is 0.0469. The van der Waals surface area contributed by atoms with Crippen molar-refractivity contribution in [3.05, 3.63) is 0 Å². The first-order valence-electron chi connectivity index (χ1n) is 7.46. The summed E-state index contributed by atoms with van der Waals surface area (Å²) in [5, 5.41) is 10.5. The zero-order valence-electron chi connectivity index (χ0n) is 10.6. The molecule has 0 amide bonds. The average molecular weight is 222 g/mol. The van der Waals surface area contributed by atoms with Crippen molar-refractivity contribution in [3.8, 4) is 0 Å². The second-order valence-corrected chi connectivity index (χ2v) is 6.67. The zero-order valence-corrected chi connectivity index (χ0v) is 10.6. The highest BCUT2D eigenvalue weighted by Gasteiger charge is 2.48. The van der Waals surface area contributed by atoms with Crippen LogP contribution in [0.2, 0.25) is 0 Å². The molecule has 1 N–H and O–H groups in total. The van der Waals surface area contributed by atoms with Crippen LogP contribution in [0.1, 0.15) is 58.3 Å². The minimum Gasteiger partial charge on any atom is -0.393 e. The van der Waals surface area contributed by atoms with E-state index in [1.165, 1.54) is 51.4 Å². The van der Waals surface area contributed by atoms with Crippen LogP contribution < -0.4 is 0 Å². The average Bonchev–Trinajstić information content (AvgIpc) is 2.95. The van der Waals surface area contributed by atoms with Gasteiger partial charge in [0.05, 0.1) is 6.10 Å². The van der Waals surface area contributed by atoms with Gasteiger partial charge in [-0.1, -0.05) is 26.2 Å². The van der Waals surface area contributed by atoms with Crippen molar-refractivity contribution in [2.75, 3.05) is 0 Å². The van der Waals surface area contributed by atoms with Crippen molar-refractivity contribution in [2.45, 2.75) is 64.4 Å². The normalized spacial score (nSPS) is 48.8. The summed E-state index contributed by atoms with van der Waals surface area (Å²) in [7, 11) is 0. The van der Waals surface area contributed by atoms with Crippen LogP contribution in [0.3, 0.4) is 0 Å². The molecule has 3 atom stereocenters. The lowest BCUT2D eigenvalue weighted by Crippen LogP contribution is -2.31. The first kappa shape index (κ1) is 11.1. The van der Waals surface area contributed by atoms with Gasteiger partial charge in [-0.2, -0.15) is 0 Å². The summed E-state index contributed by atoms with van der Waals surface area (Å²) in [5.74, 6) is 4.32. The molecule has 3 fully saturated rings. The second kappa shape index (κ2) is 4.33. The Balaban J connectivity index is 1.49. The molecule has 0 spiro atoms. The number of aliphatic hydroxyl groups is 1. The van der Waals surface area contributed by atoms with Crippen molar-refractivity contribution in [2.24, 2.45) is 29.6 Å². The van der Waals surface area contributed by atoms with E-state index in [1.54, 1.807) is 0 Å². The van der Waals surface area contributed by atoms with E-state index in [1.807, 2.05) is 0 Å². The maximum atomic E-state index is 10.5. The molecule has 3 saturated carbocycles. The topological polar surface area (TPSA) is 20.2 Å². The molecule has 0 aromatic carbocycles. The van der Waals surface area contributed by atoms with Crippen molar-refractivity contribution in [1.29, 1.82) is 0 Å². The molecule has 16 heavy (non-hydrogen) atoms. The van der Waals surface area contributed by atoms with Gasteiger partial charge < -0.3 is 5.11 Å². The number of aliphatic hydroxyl groups excluding tert-OH is 1. The smallest absolute Gasteiger partial charge is 0.0596 e. The lowest BCUT2D eigenvalue weighted by atomic mass is 9.75. The van der Waals surface area contributed by atoms with Gasteiger partial charge in [-0.3, -0.25) is 0 Å². The Morgan fingerprint density at radius 2 is 1.56 bits per heavy atom. The highest BCUT2D eigenvalue weighted by Crippen LogP contribution is 2.56. The van der Waals surface area contributed by atoms with Gasteiger partial charge in [0.25, 0.3) is 0 Å². The van der Waals surface area contributed by atoms with Gasteiger partial charge >= 0.3 is 0 Å². The molecule has 0 aromatic heterocycles. The first-order valence-corrected chi connectivity index (χ1v) is 7.46. The standard InChI is InChI=1S/C15H26O/c1-2-10-3-5-11(6-4-10)15(16)14-8-12-7-13(12)9-14/h10-16H,2-9H2,1H3. The Kier molecular flexibility index (Phi) is 2.99. The van der Waals surface area contributed by atoms with Gasteiger partial charge in [0.1, 0.15) is 0 Å². The Morgan fingerprint density at radius 3 is 2.12 bits per heavy atom. The number of fused-ring (bicyclic) bond motifs is 1. The third kappa shape index (κ3) is 2.03. The third-order valence-electron chi connectivity index (χ3n) is 5.71. The molecule has 3 aliphatic carbocycles. The van der Waals surface area contributed by atoms with E-state index in [-0.39, 0.29) is 6.10 Å². The highest BCUT2D eigenvalue weighted by atomic mass is 16.3. The second-order valence-electron chi connectivity index (χ2n) is 6.67. The van der Waals surface area contributed by atoms with E-state index in [0.29, 0.717) is 11.8 Å². The van der Waals surface area contributed by atoms with E-state index in [2.05, 4.69) is 6.92 Å². The monoisotopic (exact) mass is 222 g/mol. The summed E-state index contributed by atoms with van der Waals surface area (Å²) in [6, 6.07) is 0. The van der Waals surface area contributed by atoms with Crippen LogP contribution in [0.5, 0.6) is 0 Å². The Labute approximate surface area is 99.6 Å². The zero-order chi connectivity index (χ0) is 11.1. The summed E-state index contributed by atoms with van der Waals surface area (Å²) >= 11 is 0. The summed E-state index contributed by atoms with van der Waals surface area (Å²) in [5.41, 5.74) is 0. The van der Waals surface area contributed by atoms with Gasteiger partial charge in [-0.15, -0.1) is 0 Å². The van der Waals surface area contributed by atoms with Gasteiger partial charge in [-0.05, 0) is 61.7 Å². The summed E-state index contributed by atoms with van der Waals surface area (Å²) in [4.78, 5) is 0. The van der Waals surface area contributed by atoms with Crippen LogP contribution in [-0.2, 0) is 0 Å². The summed E-state index contributed by atoms with van der Waals surface area (Å²) < 4.78 is 0. The first-order chi connectivity index (χ1) is 7.78. The predicted molar refractivity (Wildman–Crippen MR) is 66.1 cm³/mol. The lowest BCUT2D eigenvalue weighted by molar-refractivity contribution is 0.0235. The van der Waals surface area contributed by atoms with Crippen LogP contribution in [0.25, 0.3) is 0 Å². The van der Waals surface area contributed by atoms with E-state index >= 15 is 0 Å². The molecular weight excluding hydrogens is 196 g/mol.